The van der Waals surface area contributed by atoms with Crippen molar-refractivity contribution in [2.75, 3.05) is 18.0 Å². The molecule has 1 N–H and O–H groups in total. The van der Waals surface area contributed by atoms with Gasteiger partial charge in [-0.15, -0.1) is 0 Å². The zero-order valence-corrected chi connectivity index (χ0v) is 13.8. The van der Waals surface area contributed by atoms with Gasteiger partial charge in [-0.1, -0.05) is 30.3 Å². The molecule has 1 aromatic carbocycles. The first-order valence-electron chi connectivity index (χ1n) is 8.37. The lowest BCUT2D eigenvalue weighted by atomic mass is 9.85. The van der Waals surface area contributed by atoms with Gasteiger partial charge >= 0.3 is 6.03 Å². The highest BCUT2D eigenvalue weighted by atomic mass is 16.2. The monoisotopic (exact) mass is 337 g/mol. The number of anilines is 1. The maximum absolute atomic E-state index is 12.6. The Labute approximate surface area is 145 Å². The summed E-state index contributed by atoms with van der Waals surface area (Å²) in [7, 11) is 0. The average Bonchev–Trinajstić information content (AvgIpc) is 2.88. The summed E-state index contributed by atoms with van der Waals surface area (Å²) >= 11 is 0. The number of rotatable bonds is 3. The van der Waals surface area contributed by atoms with Crippen LogP contribution in [0.4, 0.5) is 10.6 Å². The minimum atomic E-state index is -0.772. The zero-order valence-electron chi connectivity index (χ0n) is 13.8. The van der Waals surface area contributed by atoms with E-state index in [1.807, 2.05) is 30.3 Å². The number of imide groups is 1. The Morgan fingerprint density at radius 2 is 1.84 bits per heavy atom. The number of urea groups is 1. The van der Waals surface area contributed by atoms with E-state index in [-0.39, 0.29) is 11.9 Å². The second-order valence-corrected chi connectivity index (χ2v) is 6.41. The van der Waals surface area contributed by atoms with Crippen LogP contribution in [0.3, 0.4) is 0 Å². The van der Waals surface area contributed by atoms with E-state index in [1.165, 1.54) is 0 Å². The molecule has 0 aliphatic carbocycles. The molecule has 2 fully saturated rings. The average molecular weight is 337 g/mol. The Balaban J connectivity index is 1.55. The third kappa shape index (κ3) is 2.71. The molecule has 2 aliphatic heterocycles. The van der Waals surface area contributed by atoms with Gasteiger partial charge in [0.05, 0.1) is 6.20 Å². The first-order valence-corrected chi connectivity index (χ1v) is 8.37. The second kappa shape index (κ2) is 6.16. The van der Waals surface area contributed by atoms with Crippen molar-refractivity contribution in [2.45, 2.75) is 24.9 Å². The van der Waals surface area contributed by atoms with Crippen LogP contribution in [0, 0.1) is 0 Å². The summed E-state index contributed by atoms with van der Waals surface area (Å²) in [5, 5.41) is 2.50. The lowest BCUT2D eigenvalue weighted by Gasteiger charge is -2.42. The van der Waals surface area contributed by atoms with Crippen molar-refractivity contribution in [3.63, 3.8) is 0 Å². The van der Waals surface area contributed by atoms with Crippen LogP contribution in [0.25, 0.3) is 0 Å². The number of carbonyl (C=O) groups excluding carboxylic acids is 2. The molecule has 0 bridgehead atoms. The molecule has 1 aromatic heterocycles. The molecule has 2 aliphatic rings. The number of nitrogens with zero attached hydrogens (tertiary/aromatic N) is 4. The van der Waals surface area contributed by atoms with Gasteiger partial charge in [0.15, 0.2) is 0 Å². The SMILES string of the molecule is O=C1NC(=O)C2(CCN(c3cnccn3)CC2)N1Cc1ccccc1. The summed E-state index contributed by atoms with van der Waals surface area (Å²) in [4.78, 5) is 37.2. The van der Waals surface area contributed by atoms with Gasteiger partial charge in [-0.05, 0) is 18.4 Å². The minimum Gasteiger partial charge on any atom is -0.355 e. The Morgan fingerprint density at radius 1 is 1.08 bits per heavy atom. The quantitative estimate of drug-likeness (QED) is 0.860. The Hall–Kier alpha value is -2.96. The number of benzene rings is 1. The highest BCUT2D eigenvalue weighted by Gasteiger charge is 2.53. The van der Waals surface area contributed by atoms with Gasteiger partial charge in [0.25, 0.3) is 5.91 Å². The number of hydrogen-bond acceptors (Lipinski definition) is 5. The topological polar surface area (TPSA) is 78.4 Å². The molecule has 7 nitrogen and oxygen atoms in total. The molecule has 3 heterocycles. The van der Waals surface area contributed by atoms with E-state index in [0.717, 1.165) is 11.4 Å². The largest absolute Gasteiger partial charge is 0.355 e. The van der Waals surface area contributed by atoms with Crippen molar-refractivity contribution in [1.82, 2.24) is 20.2 Å². The number of aromatic nitrogens is 2. The molecule has 3 amide bonds. The summed E-state index contributed by atoms with van der Waals surface area (Å²) in [5.74, 6) is 0.615. The molecular weight excluding hydrogens is 318 g/mol. The van der Waals surface area contributed by atoms with Crippen molar-refractivity contribution >= 4 is 17.8 Å². The number of piperidine rings is 1. The lowest BCUT2D eigenvalue weighted by molar-refractivity contribution is -0.127. The summed E-state index contributed by atoms with van der Waals surface area (Å²) in [6.45, 7) is 1.75. The number of amides is 3. The molecule has 0 atom stereocenters. The van der Waals surface area contributed by atoms with Gasteiger partial charge in [-0.25, -0.2) is 9.78 Å². The van der Waals surface area contributed by atoms with Crippen LogP contribution in [0.2, 0.25) is 0 Å². The van der Waals surface area contributed by atoms with Crippen molar-refractivity contribution in [3.8, 4) is 0 Å². The van der Waals surface area contributed by atoms with Crippen LogP contribution in [0.5, 0.6) is 0 Å². The van der Waals surface area contributed by atoms with Crippen LogP contribution >= 0.6 is 0 Å². The predicted octanol–water partition coefficient (Wildman–Crippen LogP) is 1.57. The third-order valence-corrected chi connectivity index (χ3v) is 5.05. The van der Waals surface area contributed by atoms with Crippen LogP contribution in [0.15, 0.2) is 48.9 Å². The summed E-state index contributed by atoms with van der Waals surface area (Å²) < 4.78 is 0. The van der Waals surface area contributed by atoms with Crippen LogP contribution in [0.1, 0.15) is 18.4 Å². The minimum absolute atomic E-state index is 0.188. The van der Waals surface area contributed by atoms with Gasteiger partial charge in [0, 0.05) is 32.0 Å². The van der Waals surface area contributed by atoms with E-state index in [4.69, 9.17) is 0 Å². The highest BCUT2D eigenvalue weighted by molar-refractivity contribution is 6.07. The van der Waals surface area contributed by atoms with Crippen molar-refractivity contribution in [3.05, 3.63) is 54.5 Å². The Bertz CT molecular complexity index is 773. The molecule has 4 rings (SSSR count). The van der Waals surface area contributed by atoms with Crippen LogP contribution in [-0.4, -0.2) is 45.4 Å². The van der Waals surface area contributed by atoms with Gasteiger partial charge in [-0.3, -0.25) is 15.1 Å². The Morgan fingerprint density at radius 3 is 2.52 bits per heavy atom. The maximum Gasteiger partial charge on any atom is 0.325 e. The van der Waals surface area contributed by atoms with Crippen molar-refractivity contribution in [2.24, 2.45) is 0 Å². The number of nitrogens with one attached hydrogen (secondary N) is 1. The third-order valence-electron chi connectivity index (χ3n) is 5.05. The fourth-order valence-electron chi connectivity index (χ4n) is 3.64. The summed E-state index contributed by atoms with van der Waals surface area (Å²) in [6.07, 6.45) is 6.17. The molecule has 128 valence electrons. The second-order valence-electron chi connectivity index (χ2n) is 6.41. The number of hydrogen-bond donors (Lipinski definition) is 1. The van der Waals surface area contributed by atoms with E-state index in [1.54, 1.807) is 23.5 Å². The van der Waals surface area contributed by atoms with E-state index in [2.05, 4.69) is 20.2 Å². The Kier molecular flexibility index (Phi) is 3.83. The molecule has 7 heteroatoms. The molecule has 1 spiro atoms. The molecular formula is C18H19N5O2. The smallest absolute Gasteiger partial charge is 0.325 e. The van der Waals surface area contributed by atoms with Crippen LogP contribution in [-0.2, 0) is 11.3 Å². The molecule has 0 saturated carbocycles. The maximum atomic E-state index is 12.6. The van der Waals surface area contributed by atoms with E-state index in [9.17, 15) is 9.59 Å². The molecule has 2 aromatic rings. The fraction of sp³-hybridized carbons (Fsp3) is 0.333. The van der Waals surface area contributed by atoms with Gasteiger partial charge in [0.2, 0.25) is 0 Å². The van der Waals surface area contributed by atoms with Crippen molar-refractivity contribution in [1.29, 1.82) is 0 Å². The summed E-state index contributed by atoms with van der Waals surface area (Å²) in [6, 6.07) is 9.45. The lowest BCUT2D eigenvalue weighted by Crippen LogP contribution is -2.56. The molecule has 0 radical (unpaired) electrons. The fourth-order valence-corrected chi connectivity index (χ4v) is 3.64. The molecule has 2 saturated heterocycles. The van der Waals surface area contributed by atoms with Crippen molar-refractivity contribution < 1.29 is 9.59 Å². The normalized spacial score (nSPS) is 19.4. The van der Waals surface area contributed by atoms with E-state index < -0.39 is 5.54 Å². The molecule has 25 heavy (non-hydrogen) atoms. The van der Waals surface area contributed by atoms with E-state index in [0.29, 0.717) is 32.5 Å². The summed E-state index contributed by atoms with van der Waals surface area (Å²) in [5.41, 5.74) is 0.245. The highest BCUT2D eigenvalue weighted by Crippen LogP contribution is 2.35. The first kappa shape index (κ1) is 15.6. The first-order chi connectivity index (χ1) is 12.2. The van der Waals surface area contributed by atoms with Gasteiger partial charge in [-0.2, -0.15) is 0 Å². The standard InChI is InChI=1S/C18H19N5O2/c24-16-18(6-10-22(11-7-18)15-12-19-8-9-20-15)23(17(25)21-16)13-14-4-2-1-3-5-14/h1-5,8-9,12H,6-7,10-11,13H2,(H,21,24,25). The van der Waals surface area contributed by atoms with Gasteiger partial charge < -0.3 is 9.80 Å². The predicted molar refractivity (Wildman–Crippen MR) is 91.7 cm³/mol. The van der Waals surface area contributed by atoms with Crippen LogP contribution < -0.4 is 10.2 Å². The number of carbonyl (C=O) groups is 2. The van der Waals surface area contributed by atoms with Gasteiger partial charge in [0.1, 0.15) is 11.4 Å². The zero-order chi connectivity index (χ0) is 17.3. The molecule has 0 unspecified atom stereocenters. The van der Waals surface area contributed by atoms with E-state index >= 15 is 0 Å².